The van der Waals surface area contributed by atoms with Crippen LogP contribution in [0.2, 0.25) is 0 Å². The van der Waals surface area contributed by atoms with E-state index >= 15 is 0 Å². The average Bonchev–Trinajstić information content (AvgIpc) is 2.33. The van der Waals surface area contributed by atoms with Gasteiger partial charge in [0.05, 0.1) is 0 Å². The first-order valence-corrected chi connectivity index (χ1v) is 7.40. The van der Waals surface area contributed by atoms with Crippen molar-refractivity contribution in [1.29, 1.82) is 0 Å². The Labute approximate surface area is 107 Å². The minimum Gasteiger partial charge on any atom is -0.396 e. The smallest absolute Gasteiger partial charge is 0.0446 e. The lowest BCUT2D eigenvalue weighted by Crippen LogP contribution is -2.48. The van der Waals surface area contributed by atoms with Crippen molar-refractivity contribution in [3.63, 3.8) is 0 Å². The Bertz CT molecular complexity index is 179. The summed E-state index contributed by atoms with van der Waals surface area (Å²) in [5.74, 6) is 0. The molecule has 0 aliphatic carbocycles. The minimum absolute atomic E-state index is 0.296. The number of likely N-dealkylation sites (tertiary alicyclic amines) is 1. The average molecular weight is 242 g/mol. The molecule has 2 N–H and O–H groups in total. The highest BCUT2D eigenvalue weighted by Gasteiger charge is 2.23. The molecule has 0 saturated carbocycles. The van der Waals surface area contributed by atoms with Crippen LogP contribution in [0.1, 0.15) is 52.4 Å². The van der Waals surface area contributed by atoms with Crippen molar-refractivity contribution >= 4 is 0 Å². The van der Waals surface area contributed by atoms with Gasteiger partial charge in [-0.2, -0.15) is 0 Å². The van der Waals surface area contributed by atoms with Crippen LogP contribution >= 0.6 is 0 Å². The van der Waals surface area contributed by atoms with Gasteiger partial charge in [0.15, 0.2) is 0 Å². The second-order valence-electron chi connectivity index (χ2n) is 5.20. The first kappa shape index (κ1) is 14.9. The highest BCUT2D eigenvalue weighted by atomic mass is 16.3. The third-order valence-electron chi connectivity index (χ3n) is 3.80. The summed E-state index contributed by atoms with van der Waals surface area (Å²) in [6, 6.07) is 1.25. The molecule has 0 spiro atoms. The summed E-state index contributed by atoms with van der Waals surface area (Å²) in [6.45, 7) is 8.07. The van der Waals surface area contributed by atoms with Gasteiger partial charge in [-0.25, -0.2) is 0 Å². The summed E-state index contributed by atoms with van der Waals surface area (Å²) in [7, 11) is 0. The van der Waals surface area contributed by atoms with Gasteiger partial charge >= 0.3 is 0 Å². The molecule has 1 aliphatic rings. The summed E-state index contributed by atoms with van der Waals surface area (Å²) in [4.78, 5) is 2.65. The molecule has 0 aromatic rings. The molecule has 1 fully saturated rings. The third kappa shape index (κ3) is 5.36. The molecule has 1 rings (SSSR count). The van der Waals surface area contributed by atoms with Gasteiger partial charge in [-0.15, -0.1) is 0 Å². The number of nitrogens with zero attached hydrogens (tertiary/aromatic N) is 1. The number of aliphatic hydroxyl groups excluding tert-OH is 1. The van der Waals surface area contributed by atoms with Crippen LogP contribution in [0, 0.1) is 0 Å². The van der Waals surface area contributed by atoms with Crippen molar-refractivity contribution in [3.8, 4) is 0 Å². The van der Waals surface area contributed by atoms with E-state index in [2.05, 4.69) is 24.1 Å². The van der Waals surface area contributed by atoms with E-state index in [4.69, 9.17) is 5.11 Å². The van der Waals surface area contributed by atoms with Crippen LogP contribution in [0.3, 0.4) is 0 Å². The fraction of sp³-hybridized carbons (Fsp3) is 1.00. The molecule has 2 atom stereocenters. The highest BCUT2D eigenvalue weighted by Crippen LogP contribution is 2.21. The van der Waals surface area contributed by atoms with E-state index in [0.29, 0.717) is 12.6 Å². The lowest BCUT2D eigenvalue weighted by atomic mass is 9.97. The van der Waals surface area contributed by atoms with E-state index in [-0.39, 0.29) is 0 Å². The molecule has 3 heteroatoms. The quantitative estimate of drug-likeness (QED) is 0.683. The Balaban J connectivity index is 2.43. The predicted octanol–water partition coefficient (Wildman–Crippen LogP) is 2.00. The van der Waals surface area contributed by atoms with Crippen LogP contribution in [0.15, 0.2) is 0 Å². The maximum atomic E-state index is 9.10. The molecule has 1 aliphatic heterocycles. The summed E-state index contributed by atoms with van der Waals surface area (Å²) < 4.78 is 0. The van der Waals surface area contributed by atoms with Crippen molar-refractivity contribution in [2.75, 3.05) is 26.2 Å². The van der Waals surface area contributed by atoms with Gasteiger partial charge in [0.1, 0.15) is 0 Å². The standard InChI is InChI=1S/C14H30N2O/c1-3-7-14-8-5-6-10-16(14)12-13(9-11-17)15-4-2/h13-15,17H,3-12H2,1-2H3. The van der Waals surface area contributed by atoms with Crippen molar-refractivity contribution in [3.05, 3.63) is 0 Å². The number of hydrogen-bond donors (Lipinski definition) is 2. The lowest BCUT2D eigenvalue weighted by Gasteiger charge is -2.38. The first-order valence-electron chi connectivity index (χ1n) is 7.40. The van der Waals surface area contributed by atoms with Crippen LogP contribution in [0.5, 0.6) is 0 Å². The second-order valence-corrected chi connectivity index (χ2v) is 5.20. The number of likely N-dealkylation sites (N-methyl/N-ethyl adjacent to an activating group) is 1. The Morgan fingerprint density at radius 2 is 2.18 bits per heavy atom. The van der Waals surface area contributed by atoms with Crippen LogP contribution in [0.4, 0.5) is 0 Å². The molecule has 0 amide bonds. The van der Waals surface area contributed by atoms with Gasteiger partial charge in [-0.1, -0.05) is 26.7 Å². The molecule has 17 heavy (non-hydrogen) atoms. The Hall–Kier alpha value is -0.120. The van der Waals surface area contributed by atoms with Crippen LogP contribution in [0.25, 0.3) is 0 Å². The van der Waals surface area contributed by atoms with Gasteiger partial charge < -0.3 is 10.4 Å². The largest absolute Gasteiger partial charge is 0.396 e. The minimum atomic E-state index is 0.296. The normalized spacial score (nSPS) is 23.8. The zero-order valence-electron chi connectivity index (χ0n) is 11.6. The summed E-state index contributed by atoms with van der Waals surface area (Å²) in [5, 5.41) is 12.6. The van der Waals surface area contributed by atoms with Crippen LogP contribution in [-0.2, 0) is 0 Å². The molecule has 0 radical (unpaired) electrons. The molecular weight excluding hydrogens is 212 g/mol. The van der Waals surface area contributed by atoms with Crippen molar-refractivity contribution in [1.82, 2.24) is 10.2 Å². The van der Waals surface area contributed by atoms with E-state index < -0.39 is 0 Å². The SMILES string of the molecule is CCCC1CCCCN1CC(CCO)NCC. The fourth-order valence-corrected chi connectivity index (χ4v) is 2.95. The first-order chi connectivity index (χ1) is 8.31. The van der Waals surface area contributed by atoms with Gasteiger partial charge in [-0.05, 0) is 38.8 Å². The lowest BCUT2D eigenvalue weighted by molar-refractivity contribution is 0.118. The highest BCUT2D eigenvalue weighted by molar-refractivity contribution is 4.81. The number of aliphatic hydroxyl groups is 1. The monoisotopic (exact) mass is 242 g/mol. The molecule has 1 heterocycles. The number of piperidine rings is 1. The third-order valence-corrected chi connectivity index (χ3v) is 3.80. The van der Waals surface area contributed by atoms with E-state index in [1.54, 1.807) is 0 Å². The zero-order valence-corrected chi connectivity index (χ0v) is 11.6. The summed E-state index contributed by atoms with van der Waals surface area (Å²) in [5.41, 5.74) is 0. The number of hydrogen-bond acceptors (Lipinski definition) is 3. The number of nitrogens with one attached hydrogen (secondary N) is 1. The maximum absolute atomic E-state index is 9.10. The molecule has 1 saturated heterocycles. The van der Waals surface area contributed by atoms with E-state index in [1.165, 1.54) is 38.6 Å². The zero-order chi connectivity index (χ0) is 12.5. The Morgan fingerprint density at radius 3 is 2.82 bits per heavy atom. The van der Waals surface area contributed by atoms with Crippen LogP contribution < -0.4 is 5.32 Å². The Kier molecular flexibility index (Phi) is 7.82. The van der Waals surface area contributed by atoms with Gasteiger partial charge in [0.25, 0.3) is 0 Å². The molecule has 0 aromatic carbocycles. The van der Waals surface area contributed by atoms with E-state index in [9.17, 15) is 0 Å². The number of rotatable bonds is 8. The predicted molar refractivity (Wildman–Crippen MR) is 73.3 cm³/mol. The Morgan fingerprint density at radius 1 is 1.35 bits per heavy atom. The molecular formula is C14H30N2O. The molecule has 0 bridgehead atoms. The molecule has 3 nitrogen and oxygen atoms in total. The van der Waals surface area contributed by atoms with Gasteiger partial charge in [-0.3, -0.25) is 4.90 Å². The summed E-state index contributed by atoms with van der Waals surface area (Å²) in [6.07, 6.45) is 7.60. The molecule has 2 unspecified atom stereocenters. The molecule has 102 valence electrons. The fourth-order valence-electron chi connectivity index (χ4n) is 2.95. The van der Waals surface area contributed by atoms with Crippen molar-refractivity contribution in [2.45, 2.75) is 64.5 Å². The maximum Gasteiger partial charge on any atom is 0.0446 e. The summed E-state index contributed by atoms with van der Waals surface area (Å²) >= 11 is 0. The van der Waals surface area contributed by atoms with Gasteiger partial charge in [0.2, 0.25) is 0 Å². The van der Waals surface area contributed by atoms with E-state index in [1.807, 2.05) is 0 Å². The topological polar surface area (TPSA) is 35.5 Å². The second kappa shape index (κ2) is 8.90. The van der Waals surface area contributed by atoms with E-state index in [0.717, 1.165) is 25.6 Å². The van der Waals surface area contributed by atoms with Gasteiger partial charge in [0, 0.05) is 25.2 Å². The molecule has 0 aromatic heterocycles. The van der Waals surface area contributed by atoms with Crippen LogP contribution in [-0.4, -0.2) is 48.3 Å². The van der Waals surface area contributed by atoms with Crippen molar-refractivity contribution in [2.24, 2.45) is 0 Å². The van der Waals surface area contributed by atoms with Crippen molar-refractivity contribution < 1.29 is 5.11 Å².